The fraction of sp³-hybridized carbons (Fsp3) is 0.722. The Morgan fingerprint density at radius 1 is 1.08 bits per heavy atom. The van der Waals surface area contributed by atoms with Crippen LogP contribution in [-0.4, -0.2) is 42.9 Å². The SMILES string of the molecule is Cc1c(S(=O)(=O)NC2CCCCC2)cc(C(=O)N2CCCCC2)n1C. The largest absolute Gasteiger partial charge is 0.343 e. The quantitative estimate of drug-likeness (QED) is 0.889. The van der Waals surface area contributed by atoms with Crippen LogP contribution in [0.25, 0.3) is 0 Å². The normalized spacial score (nSPS) is 20.0. The van der Waals surface area contributed by atoms with Crippen molar-refractivity contribution in [2.24, 2.45) is 7.05 Å². The van der Waals surface area contributed by atoms with Crippen molar-refractivity contribution in [1.29, 1.82) is 0 Å². The number of hydrogen-bond donors (Lipinski definition) is 1. The summed E-state index contributed by atoms with van der Waals surface area (Å²) < 4.78 is 30.2. The first-order chi connectivity index (χ1) is 11.9. The third-order valence-electron chi connectivity index (χ3n) is 5.57. The van der Waals surface area contributed by atoms with E-state index >= 15 is 0 Å². The van der Waals surface area contributed by atoms with Gasteiger partial charge in [0.25, 0.3) is 5.91 Å². The highest BCUT2D eigenvalue weighted by atomic mass is 32.2. The van der Waals surface area contributed by atoms with Crippen LogP contribution in [0.3, 0.4) is 0 Å². The minimum absolute atomic E-state index is 0.0135. The van der Waals surface area contributed by atoms with Crippen molar-refractivity contribution in [3.8, 4) is 0 Å². The molecule has 7 heteroatoms. The molecule has 0 aromatic carbocycles. The van der Waals surface area contributed by atoms with Gasteiger partial charge in [0, 0.05) is 31.9 Å². The van der Waals surface area contributed by atoms with Gasteiger partial charge in [-0.05, 0) is 45.1 Å². The highest BCUT2D eigenvalue weighted by molar-refractivity contribution is 7.89. The van der Waals surface area contributed by atoms with Gasteiger partial charge in [0.05, 0.1) is 0 Å². The molecule has 25 heavy (non-hydrogen) atoms. The summed E-state index contributed by atoms with van der Waals surface area (Å²) >= 11 is 0. The Labute approximate surface area is 150 Å². The van der Waals surface area contributed by atoms with Crippen LogP contribution in [-0.2, 0) is 17.1 Å². The van der Waals surface area contributed by atoms with Crippen LogP contribution in [0.4, 0.5) is 0 Å². The van der Waals surface area contributed by atoms with Gasteiger partial charge in [-0.25, -0.2) is 13.1 Å². The number of nitrogens with one attached hydrogen (secondary N) is 1. The van der Waals surface area contributed by atoms with Crippen molar-refractivity contribution in [2.45, 2.75) is 69.2 Å². The monoisotopic (exact) mass is 367 g/mol. The fourth-order valence-electron chi connectivity index (χ4n) is 3.91. The highest BCUT2D eigenvalue weighted by Gasteiger charge is 2.29. The smallest absolute Gasteiger partial charge is 0.270 e. The van der Waals surface area contributed by atoms with Crippen LogP contribution >= 0.6 is 0 Å². The second kappa shape index (κ2) is 7.50. The van der Waals surface area contributed by atoms with Gasteiger partial charge < -0.3 is 9.47 Å². The number of piperidine rings is 1. The Hall–Kier alpha value is -1.34. The fourth-order valence-corrected chi connectivity index (χ4v) is 5.51. The maximum Gasteiger partial charge on any atom is 0.270 e. The molecule has 1 aliphatic heterocycles. The Morgan fingerprint density at radius 2 is 1.68 bits per heavy atom. The molecular formula is C18H29N3O3S. The van der Waals surface area contributed by atoms with Crippen molar-refractivity contribution in [1.82, 2.24) is 14.2 Å². The van der Waals surface area contributed by atoms with Gasteiger partial charge in [-0.3, -0.25) is 4.79 Å². The molecule has 140 valence electrons. The molecular weight excluding hydrogens is 338 g/mol. The molecule has 2 aliphatic rings. The minimum atomic E-state index is -3.60. The topological polar surface area (TPSA) is 71.4 Å². The number of nitrogens with zero attached hydrogens (tertiary/aromatic N) is 2. The maximum absolute atomic E-state index is 12.8. The van der Waals surface area contributed by atoms with Gasteiger partial charge in [-0.15, -0.1) is 0 Å². The van der Waals surface area contributed by atoms with E-state index in [1.54, 1.807) is 24.6 Å². The average molecular weight is 368 g/mol. The van der Waals surface area contributed by atoms with Crippen molar-refractivity contribution in [3.63, 3.8) is 0 Å². The summed E-state index contributed by atoms with van der Waals surface area (Å²) in [6, 6.07) is 1.57. The van der Waals surface area contributed by atoms with E-state index in [1.807, 2.05) is 4.90 Å². The molecule has 0 spiro atoms. The lowest BCUT2D eigenvalue weighted by Crippen LogP contribution is -2.36. The summed E-state index contributed by atoms with van der Waals surface area (Å²) in [5, 5.41) is 0. The lowest BCUT2D eigenvalue weighted by atomic mass is 9.96. The number of amides is 1. The summed E-state index contributed by atoms with van der Waals surface area (Å²) in [7, 11) is -1.83. The summed E-state index contributed by atoms with van der Waals surface area (Å²) in [4.78, 5) is 14.9. The highest BCUT2D eigenvalue weighted by Crippen LogP contribution is 2.24. The van der Waals surface area contributed by atoms with Crippen molar-refractivity contribution >= 4 is 15.9 Å². The van der Waals surface area contributed by atoms with E-state index in [4.69, 9.17) is 0 Å². The van der Waals surface area contributed by atoms with Crippen LogP contribution in [0.1, 0.15) is 67.5 Å². The standard InChI is InChI=1S/C18H29N3O3S/c1-14-17(25(23,24)19-15-9-5-3-6-10-15)13-16(20(14)2)18(22)21-11-7-4-8-12-21/h13,15,19H,3-12H2,1-2H3. The number of sulfonamides is 1. The molecule has 0 bridgehead atoms. The van der Waals surface area contributed by atoms with Gasteiger partial charge in [0.15, 0.2) is 0 Å². The third-order valence-corrected chi connectivity index (χ3v) is 7.20. The van der Waals surface area contributed by atoms with E-state index in [9.17, 15) is 13.2 Å². The molecule has 3 rings (SSSR count). The molecule has 1 N–H and O–H groups in total. The molecule has 6 nitrogen and oxygen atoms in total. The van der Waals surface area contributed by atoms with Crippen LogP contribution < -0.4 is 4.72 Å². The van der Waals surface area contributed by atoms with Crippen LogP contribution in [0.2, 0.25) is 0 Å². The molecule has 1 aromatic rings. The van der Waals surface area contributed by atoms with E-state index in [0.29, 0.717) is 11.4 Å². The zero-order chi connectivity index (χ0) is 18.0. The summed E-state index contributed by atoms with van der Waals surface area (Å²) in [6.07, 6.45) is 8.29. The molecule has 1 saturated carbocycles. The number of rotatable bonds is 4. The Balaban J connectivity index is 1.83. The lowest BCUT2D eigenvalue weighted by Gasteiger charge is -2.26. The zero-order valence-corrected chi connectivity index (χ0v) is 16.1. The lowest BCUT2D eigenvalue weighted by molar-refractivity contribution is 0.0714. The molecule has 2 heterocycles. The summed E-state index contributed by atoms with van der Waals surface area (Å²) in [5.41, 5.74) is 1.08. The number of carbonyl (C=O) groups excluding carboxylic acids is 1. The van der Waals surface area contributed by atoms with Gasteiger partial charge in [0.1, 0.15) is 10.6 Å². The van der Waals surface area contributed by atoms with Crippen molar-refractivity contribution < 1.29 is 13.2 Å². The van der Waals surface area contributed by atoms with Crippen LogP contribution in [0.15, 0.2) is 11.0 Å². The summed E-state index contributed by atoms with van der Waals surface area (Å²) in [5.74, 6) is -0.0654. The number of likely N-dealkylation sites (tertiary alicyclic amines) is 1. The Bertz CT molecular complexity index is 727. The van der Waals surface area contributed by atoms with Gasteiger partial charge in [-0.2, -0.15) is 0 Å². The second-order valence-electron chi connectivity index (χ2n) is 7.35. The van der Waals surface area contributed by atoms with Gasteiger partial charge in [0.2, 0.25) is 10.0 Å². The molecule has 0 radical (unpaired) electrons. The number of aromatic nitrogens is 1. The van der Waals surface area contributed by atoms with Crippen molar-refractivity contribution in [2.75, 3.05) is 13.1 Å². The molecule has 1 saturated heterocycles. The Morgan fingerprint density at radius 3 is 2.32 bits per heavy atom. The third kappa shape index (κ3) is 3.92. The van der Waals surface area contributed by atoms with E-state index in [1.165, 1.54) is 6.42 Å². The van der Waals surface area contributed by atoms with Crippen LogP contribution in [0, 0.1) is 6.92 Å². The summed E-state index contributed by atoms with van der Waals surface area (Å²) in [6.45, 7) is 3.28. The molecule has 1 amide bonds. The van der Waals surface area contributed by atoms with Gasteiger partial charge >= 0.3 is 0 Å². The Kier molecular flexibility index (Phi) is 5.53. The maximum atomic E-state index is 12.8. The minimum Gasteiger partial charge on any atom is -0.343 e. The van der Waals surface area contributed by atoms with E-state index in [2.05, 4.69) is 4.72 Å². The predicted molar refractivity (Wildman–Crippen MR) is 97.1 cm³/mol. The number of carbonyl (C=O) groups is 1. The molecule has 1 aliphatic carbocycles. The van der Waals surface area contributed by atoms with E-state index in [0.717, 1.165) is 58.0 Å². The first-order valence-electron chi connectivity index (χ1n) is 9.38. The van der Waals surface area contributed by atoms with E-state index in [-0.39, 0.29) is 16.8 Å². The first kappa shape index (κ1) is 18.5. The first-order valence-corrected chi connectivity index (χ1v) is 10.9. The van der Waals surface area contributed by atoms with E-state index < -0.39 is 10.0 Å². The second-order valence-corrected chi connectivity index (χ2v) is 9.03. The van der Waals surface area contributed by atoms with Crippen molar-refractivity contribution in [3.05, 3.63) is 17.5 Å². The van der Waals surface area contributed by atoms with Gasteiger partial charge in [-0.1, -0.05) is 19.3 Å². The number of hydrogen-bond acceptors (Lipinski definition) is 3. The van der Waals surface area contributed by atoms with Crippen LogP contribution in [0.5, 0.6) is 0 Å². The molecule has 2 fully saturated rings. The molecule has 0 atom stereocenters. The average Bonchev–Trinajstić information content (AvgIpc) is 2.92. The predicted octanol–water partition coefficient (Wildman–Crippen LogP) is 2.57. The zero-order valence-electron chi connectivity index (χ0n) is 15.3. The molecule has 0 unspecified atom stereocenters. The molecule has 1 aromatic heterocycles.